The number of carbonyl (C=O) groups excluding carboxylic acids is 3. The van der Waals surface area contributed by atoms with E-state index in [2.05, 4.69) is 30.4 Å². The lowest BCUT2D eigenvalue weighted by molar-refractivity contribution is -0.177. The van der Waals surface area contributed by atoms with Gasteiger partial charge in [0, 0.05) is 41.3 Å². The van der Waals surface area contributed by atoms with Crippen LogP contribution in [-0.2, 0) is 23.8 Å². The van der Waals surface area contributed by atoms with Gasteiger partial charge in [-0.25, -0.2) is 19.2 Å². The van der Waals surface area contributed by atoms with Gasteiger partial charge in [0.2, 0.25) is 6.79 Å². The van der Waals surface area contributed by atoms with Crippen molar-refractivity contribution in [2.45, 2.75) is 85.1 Å². The number of hydrogen-bond donors (Lipinski definition) is 3. The number of aromatic nitrogens is 5. The Kier molecular flexibility index (Phi) is 15.1. The normalized spacial score (nSPS) is 14.6. The molecule has 0 aliphatic heterocycles. The zero-order valence-corrected chi connectivity index (χ0v) is 34.4. The van der Waals surface area contributed by atoms with Crippen molar-refractivity contribution in [2.75, 3.05) is 32.4 Å². The van der Waals surface area contributed by atoms with Crippen molar-refractivity contribution in [3.05, 3.63) is 77.6 Å². The largest absolute Gasteiger partial charge is 0.497 e. The zero-order chi connectivity index (χ0) is 43.5. The molecule has 0 bridgehead atoms. The number of esters is 2. The predicted octanol–water partition coefficient (Wildman–Crippen LogP) is 5.45. The van der Waals surface area contributed by atoms with Crippen LogP contribution in [0.15, 0.2) is 59.9 Å². The van der Waals surface area contributed by atoms with Gasteiger partial charge in [0.05, 0.1) is 13.7 Å². The lowest BCUT2D eigenvalue weighted by atomic mass is 9.93. The number of nitrogens with two attached hydrogens (primary N) is 1. The summed E-state index contributed by atoms with van der Waals surface area (Å²) in [5, 5.41) is 17.2. The summed E-state index contributed by atoms with van der Waals surface area (Å²) in [5.74, 6) is -2.46. The van der Waals surface area contributed by atoms with E-state index < -0.39 is 53.7 Å². The van der Waals surface area contributed by atoms with Gasteiger partial charge in [-0.15, -0.1) is 9.78 Å². The zero-order valence-electron chi connectivity index (χ0n) is 34.4. The van der Waals surface area contributed by atoms with Gasteiger partial charge in [0.15, 0.2) is 29.0 Å². The number of nitrogens with one attached hydrogen (secondary N) is 1. The fraction of sp³-hybridized carbons (Fsp3) is 0.463. The van der Waals surface area contributed by atoms with E-state index in [1.807, 2.05) is 20.8 Å². The van der Waals surface area contributed by atoms with Crippen molar-refractivity contribution in [1.82, 2.24) is 24.7 Å². The second kappa shape index (κ2) is 20.2. The average Bonchev–Trinajstić information content (AvgIpc) is 3.66. The summed E-state index contributed by atoms with van der Waals surface area (Å²) in [4.78, 5) is 55.4. The Morgan fingerprint density at radius 3 is 2.38 bits per heavy atom. The first-order chi connectivity index (χ1) is 28.6. The summed E-state index contributed by atoms with van der Waals surface area (Å²) in [5.41, 5.74) is 4.76. The van der Waals surface area contributed by atoms with Crippen LogP contribution in [0.2, 0.25) is 0 Å². The number of ether oxygens (including phenoxy) is 6. The third-order valence-electron chi connectivity index (χ3n) is 9.38. The van der Waals surface area contributed by atoms with E-state index in [1.165, 1.54) is 51.7 Å². The van der Waals surface area contributed by atoms with Crippen molar-refractivity contribution in [3.63, 3.8) is 0 Å². The molecule has 5 rings (SSSR count). The molecule has 2 aromatic carbocycles. The van der Waals surface area contributed by atoms with Gasteiger partial charge < -0.3 is 38.8 Å². The molecule has 1 fully saturated rings. The predicted molar refractivity (Wildman–Crippen MR) is 214 cm³/mol. The van der Waals surface area contributed by atoms with E-state index in [4.69, 9.17) is 34.2 Å². The fourth-order valence-electron chi connectivity index (χ4n) is 5.68. The van der Waals surface area contributed by atoms with Crippen molar-refractivity contribution in [1.29, 1.82) is 0 Å². The number of anilines is 1. The highest BCUT2D eigenvalue weighted by Gasteiger charge is 2.41. The molecule has 0 radical (unpaired) electrons. The second-order valence-electron chi connectivity index (χ2n) is 15.4. The Labute approximate surface area is 346 Å². The summed E-state index contributed by atoms with van der Waals surface area (Å²) < 4.78 is 50.5. The van der Waals surface area contributed by atoms with Gasteiger partial charge in [-0.3, -0.25) is 15.3 Å². The summed E-state index contributed by atoms with van der Waals surface area (Å²) in [6.45, 7) is 7.02. The number of methoxy groups -OCH3 is 1. The molecule has 4 N–H and O–H groups in total. The van der Waals surface area contributed by atoms with E-state index in [0.717, 1.165) is 36.8 Å². The van der Waals surface area contributed by atoms with E-state index in [-0.39, 0.29) is 54.2 Å². The first-order valence-electron chi connectivity index (χ1n) is 19.3. The highest BCUT2D eigenvalue weighted by atomic mass is 19.1. The summed E-state index contributed by atoms with van der Waals surface area (Å²) in [6, 6.07) is 9.49. The first-order valence-corrected chi connectivity index (χ1v) is 19.3. The Hall–Kier alpha value is -6.21. The van der Waals surface area contributed by atoms with Crippen LogP contribution in [0.1, 0.15) is 89.7 Å². The minimum atomic E-state index is -1.64. The molecular formula is C41H51FN8O10. The van der Waals surface area contributed by atoms with Crippen molar-refractivity contribution in [2.24, 2.45) is 21.6 Å². The molecule has 1 aliphatic rings. The lowest BCUT2D eigenvalue weighted by Crippen LogP contribution is -2.39. The van der Waals surface area contributed by atoms with Crippen LogP contribution in [0.5, 0.6) is 17.5 Å². The molecule has 0 spiro atoms. The maximum atomic E-state index is 16.4. The smallest absolute Gasteiger partial charge is 0.435 e. The van der Waals surface area contributed by atoms with Crippen LogP contribution >= 0.6 is 0 Å². The minimum absolute atomic E-state index is 0.0106. The van der Waals surface area contributed by atoms with Crippen molar-refractivity contribution in [3.8, 4) is 23.5 Å². The molecule has 2 unspecified atom stereocenters. The van der Waals surface area contributed by atoms with E-state index in [1.54, 1.807) is 30.3 Å². The van der Waals surface area contributed by atoms with Gasteiger partial charge in [-0.2, -0.15) is 9.98 Å². The van der Waals surface area contributed by atoms with Crippen molar-refractivity contribution < 1.29 is 52.3 Å². The quantitative estimate of drug-likeness (QED) is 0.0395. The SMILES string of the molecule is COc1cc(OCCO)c(F)c(C(Nc2ccc(C=NC(=O)OC(N)C(C)(C)C)cc2)c2nc(OCOC(=O)C(C)(C)C(=O)OC3CCCCC3)n(-c3ncccn3)n2)c1. The third-order valence-corrected chi connectivity index (χ3v) is 9.38. The number of nitrogens with zero attached hydrogens (tertiary/aromatic N) is 6. The van der Waals surface area contributed by atoms with E-state index in [0.29, 0.717) is 11.3 Å². The molecule has 2 heterocycles. The second-order valence-corrected chi connectivity index (χ2v) is 15.4. The van der Waals surface area contributed by atoms with E-state index in [9.17, 15) is 19.5 Å². The monoisotopic (exact) mass is 834 g/mol. The average molecular weight is 835 g/mol. The molecule has 0 saturated heterocycles. The number of amides is 1. The Morgan fingerprint density at radius 2 is 1.73 bits per heavy atom. The Bertz CT molecular complexity index is 2100. The molecule has 1 saturated carbocycles. The van der Waals surface area contributed by atoms with Crippen LogP contribution < -0.4 is 25.3 Å². The van der Waals surface area contributed by atoms with E-state index >= 15 is 4.39 Å². The number of benzene rings is 2. The van der Waals surface area contributed by atoms with Gasteiger partial charge >= 0.3 is 24.0 Å². The lowest BCUT2D eigenvalue weighted by Gasteiger charge is -2.27. The number of aliphatic imine (C=N–C) groups is 1. The molecule has 60 heavy (non-hydrogen) atoms. The number of rotatable bonds is 17. The molecule has 2 aromatic heterocycles. The molecule has 4 aromatic rings. The Morgan fingerprint density at radius 1 is 1.03 bits per heavy atom. The third kappa shape index (κ3) is 11.7. The Balaban J connectivity index is 1.45. The van der Waals surface area contributed by atoms with Crippen LogP contribution in [0, 0.1) is 16.6 Å². The number of halogens is 1. The number of aliphatic hydroxyl groups excluding tert-OH is 1. The van der Waals surface area contributed by atoms with Crippen LogP contribution in [0.25, 0.3) is 5.95 Å². The highest BCUT2D eigenvalue weighted by Crippen LogP contribution is 2.36. The number of aliphatic hydroxyl groups is 1. The maximum Gasteiger partial charge on any atom is 0.435 e. The molecule has 19 heteroatoms. The molecule has 1 amide bonds. The molecule has 1 aliphatic carbocycles. The van der Waals surface area contributed by atoms with Gasteiger partial charge in [0.1, 0.15) is 24.5 Å². The fourth-order valence-corrected chi connectivity index (χ4v) is 5.68. The number of carbonyl (C=O) groups is 3. The summed E-state index contributed by atoms with van der Waals surface area (Å²) in [7, 11) is 1.39. The van der Waals surface area contributed by atoms with Crippen LogP contribution in [0.3, 0.4) is 0 Å². The molecular weight excluding hydrogens is 783 g/mol. The van der Waals surface area contributed by atoms with Gasteiger partial charge in [-0.05, 0) is 69.4 Å². The highest BCUT2D eigenvalue weighted by molar-refractivity contribution is 5.99. The first kappa shape index (κ1) is 44.9. The van der Waals surface area contributed by atoms with Crippen LogP contribution in [-0.4, -0.2) is 93.5 Å². The summed E-state index contributed by atoms with van der Waals surface area (Å²) >= 11 is 0. The molecule has 322 valence electrons. The van der Waals surface area contributed by atoms with Gasteiger partial charge in [0.25, 0.3) is 5.95 Å². The topological polar surface area (TPSA) is 234 Å². The van der Waals surface area contributed by atoms with Crippen LogP contribution in [0.4, 0.5) is 14.9 Å². The van der Waals surface area contributed by atoms with Gasteiger partial charge in [-0.1, -0.05) is 39.3 Å². The number of hydrogen-bond acceptors (Lipinski definition) is 16. The standard InChI is InChI=1S/C41H51FN8O10/c1-40(2,3)34(43)60-39(54)46-23-25-13-15-26(16-14-25)47-32(29-21-28(55-6)22-30(31(29)42)56-20-19-51)33-48-38(50(49-33)37-44-17-10-18-45-37)58-24-57-35(52)41(4,5)36(53)59-27-11-8-7-9-12-27/h10,13-18,21-23,27,32,34,47,51H,7-9,11-12,19-20,24,43H2,1-6H3. The van der Waals surface area contributed by atoms with Crippen molar-refractivity contribution >= 4 is 29.9 Å². The minimum Gasteiger partial charge on any atom is -0.497 e. The summed E-state index contributed by atoms with van der Waals surface area (Å²) in [6.07, 6.45) is 6.68. The molecule has 18 nitrogen and oxygen atoms in total. The maximum absolute atomic E-state index is 16.4. The molecule has 2 atom stereocenters.